The van der Waals surface area contributed by atoms with Crippen molar-refractivity contribution in [2.24, 2.45) is 5.92 Å². The zero-order valence-corrected chi connectivity index (χ0v) is 40.6. The van der Waals surface area contributed by atoms with Gasteiger partial charge in [0.2, 0.25) is 40.7 Å². The van der Waals surface area contributed by atoms with Crippen LogP contribution in [0.15, 0.2) is 66.7 Å². The molecule has 14 nitrogen and oxygen atoms in total. The van der Waals surface area contributed by atoms with Gasteiger partial charge in [-0.2, -0.15) is 13.9 Å². The number of hydrogen-bond acceptors (Lipinski definition) is 11. The van der Waals surface area contributed by atoms with Crippen molar-refractivity contribution in [2.45, 2.75) is 77.6 Å². The Bertz CT molecular complexity index is 2760. The van der Waals surface area contributed by atoms with Crippen LogP contribution in [0, 0.1) is 48.9 Å². The number of amides is 2. The fraction of sp³-hybridized carbons (Fsp3) is 0.434. The molecule has 0 radical (unpaired) electrons. The van der Waals surface area contributed by atoms with Gasteiger partial charge in [0.25, 0.3) is 5.91 Å². The number of hydrogen-bond donors (Lipinski definition) is 0. The topological polar surface area (TPSA) is 140 Å². The van der Waals surface area contributed by atoms with E-state index >= 15 is 0 Å². The Morgan fingerprint density at radius 1 is 0.778 bits per heavy atom. The van der Waals surface area contributed by atoms with E-state index in [-0.39, 0.29) is 49.6 Å². The second kappa shape index (κ2) is 23.1. The number of para-hydroxylation sites is 1. The van der Waals surface area contributed by atoms with Crippen molar-refractivity contribution < 1.29 is 55.3 Å². The molecule has 0 N–H and O–H groups in total. The van der Waals surface area contributed by atoms with E-state index in [1.165, 1.54) is 7.11 Å². The number of aryl methyl sites for hydroxylation is 4. The maximum absolute atomic E-state index is 14.0. The molecule has 5 heterocycles. The van der Waals surface area contributed by atoms with Crippen LogP contribution in [0.25, 0.3) is 5.69 Å². The Balaban J connectivity index is 0.894. The molecule has 3 aliphatic rings. The number of pyridine rings is 1. The highest BCUT2D eigenvalue weighted by atomic mass is 19.2. The fourth-order valence-electron chi connectivity index (χ4n) is 9.80. The summed E-state index contributed by atoms with van der Waals surface area (Å²) >= 11 is 0. The highest BCUT2D eigenvalue weighted by molar-refractivity contribution is 5.94. The molecular formula is C53H58F5N7O7. The van der Waals surface area contributed by atoms with Crippen LogP contribution in [0.5, 0.6) is 11.5 Å². The molecule has 2 fully saturated rings. The van der Waals surface area contributed by atoms with Gasteiger partial charge in [-0.3, -0.25) is 24.1 Å². The van der Waals surface area contributed by atoms with Crippen molar-refractivity contribution in [1.82, 2.24) is 24.6 Å². The van der Waals surface area contributed by atoms with Crippen molar-refractivity contribution in [3.05, 3.63) is 124 Å². The highest BCUT2D eigenvalue weighted by Gasteiger charge is 2.32. The molecular weight excluding hydrogens is 942 g/mol. The summed E-state index contributed by atoms with van der Waals surface area (Å²) in [6.07, 6.45) is 3.84. The third kappa shape index (κ3) is 12.2. The van der Waals surface area contributed by atoms with E-state index in [0.29, 0.717) is 50.9 Å². The number of carbonyl (C=O) groups excluding carboxylic acids is 4. The highest BCUT2D eigenvalue weighted by Crippen LogP contribution is 2.34. The predicted molar refractivity (Wildman–Crippen MR) is 257 cm³/mol. The maximum atomic E-state index is 14.0. The van der Waals surface area contributed by atoms with Crippen LogP contribution in [0.3, 0.4) is 0 Å². The molecule has 2 amide bonds. The molecule has 5 aromatic rings. The second-order valence-corrected chi connectivity index (χ2v) is 18.7. The zero-order chi connectivity index (χ0) is 51.1. The van der Waals surface area contributed by atoms with Crippen molar-refractivity contribution in [3.8, 4) is 17.2 Å². The summed E-state index contributed by atoms with van der Waals surface area (Å²) in [7, 11) is 1.39. The number of likely N-dealkylation sites (tertiary alicyclic amines) is 1. The summed E-state index contributed by atoms with van der Waals surface area (Å²) in [4.78, 5) is 64.9. The number of halogens is 5. The number of anilines is 2. The van der Waals surface area contributed by atoms with Gasteiger partial charge in [-0.1, -0.05) is 24.3 Å². The molecule has 0 unspecified atom stereocenters. The molecule has 3 aliphatic heterocycles. The summed E-state index contributed by atoms with van der Waals surface area (Å²) < 4.78 is 86.0. The second-order valence-electron chi connectivity index (χ2n) is 18.7. The number of benzene rings is 3. The van der Waals surface area contributed by atoms with Gasteiger partial charge in [-0.25, -0.2) is 22.8 Å². The number of esters is 2. The van der Waals surface area contributed by atoms with E-state index in [4.69, 9.17) is 19.6 Å². The van der Waals surface area contributed by atoms with Gasteiger partial charge in [0, 0.05) is 81.6 Å². The van der Waals surface area contributed by atoms with Gasteiger partial charge in [0.05, 0.1) is 24.9 Å². The lowest BCUT2D eigenvalue weighted by Gasteiger charge is -2.37. The monoisotopic (exact) mass is 999 g/mol. The molecule has 382 valence electrons. The Hall–Kier alpha value is -6.89. The van der Waals surface area contributed by atoms with E-state index in [9.17, 15) is 41.1 Å². The van der Waals surface area contributed by atoms with E-state index in [0.717, 1.165) is 90.6 Å². The van der Waals surface area contributed by atoms with E-state index in [1.54, 1.807) is 9.80 Å². The lowest BCUT2D eigenvalue weighted by atomic mass is 9.93. The number of nitrogens with zero attached hydrogens (tertiary/aromatic N) is 7. The predicted octanol–water partition coefficient (Wildman–Crippen LogP) is 7.96. The van der Waals surface area contributed by atoms with Gasteiger partial charge < -0.3 is 28.9 Å². The smallest absolute Gasteiger partial charge is 0.311 e. The number of aromatic nitrogens is 3. The van der Waals surface area contributed by atoms with Gasteiger partial charge in [-0.05, 0) is 118 Å². The molecule has 72 heavy (non-hydrogen) atoms. The van der Waals surface area contributed by atoms with Crippen LogP contribution in [0.4, 0.5) is 33.5 Å². The van der Waals surface area contributed by atoms with E-state index in [2.05, 4.69) is 38.8 Å². The first kappa shape index (κ1) is 51.5. The summed E-state index contributed by atoms with van der Waals surface area (Å²) in [5.41, 5.74) is 6.41. The maximum Gasteiger partial charge on any atom is 0.311 e. The third-order valence-corrected chi connectivity index (χ3v) is 13.6. The van der Waals surface area contributed by atoms with Crippen molar-refractivity contribution in [1.29, 1.82) is 0 Å². The van der Waals surface area contributed by atoms with Crippen LogP contribution < -0.4 is 19.3 Å². The quantitative estimate of drug-likeness (QED) is 0.0278. The number of carbonyl (C=O) groups is 4. The molecule has 19 heteroatoms. The molecule has 2 aromatic heterocycles. The average molecular weight is 1000 g/mol. The first-order chi connectivity index (χ1) is 34.6. The van der Waals surface area contributed by atoms with Gasteiger partial charge >= 0.3 is 11.9 Å². The molecule has 3 aromatic carbocycles. The lowest BCUT2D eigenvalue weighted by molar-refractivity contribution is -0.141. The number of rotatable bonds is 18. The molecule has 0 aliphatic carbocycles. The lowest BCUT2D eigenvalue weighted by Crippen LogP contribution is -2.48. The van der Waals surface area contributed by atoms with Crippen LogP contribution in [0.2, 0.25) is 0 Å². The number of ether oxygens (including phenoxy) is 3. The van der Waals surface area contributed by atoms with E-state index < -0.39 is 47.2 Å². The molecule has 2 atom stereocenters. The molecule has 0 saturated carbocycles. The minimum atomic E-state index is -2.37. The molecule has 8 rings (SSSR count). The Morgan fingerprint density at radius 3 is 2.21 bits per heavy atom. The summed E-state index contributed by atoms with van der Waals surface area (Å²) in [5, 5.41) is 4.77. The Kier molecular flexibility index (Phi) is 16.5. The first-order valence-electron chi connectivity index (χ1n) is 24.3. The zero-order valence-electron chi connectivity index (χ0n) is 40.6. The molecule has 2 saturated heterocycles. The average Bonchev–Trinajstić information content (AvgIpc) is 4.00. The molecule has 0 bridgehead atoms. The Morgan fingerprint density at radius 2 is 1.50 bits per heavy atom. The largest absolute Gasteiger partial charge is 0.484 e. The van der Waals surface area contributed by atoms with Crippen LogP contribution >= 0.6 is 0 Å². The first-order valence-corrected chi connectivity index (χ1v) is 24.3. The van der Waals surface area contributed by atoms with Crippen LogP contribution in [0.1, 0.15) is 79.1 Å². The van der Waals surface area contributed by atoms with E-state index in [1.807, 2.05) is 61.0 Å². The summed E-state index contributed by atoms with van der Waals surface area (Å²) in [6, 6.07) is 21.7. The summed E-state index contributed by atoms with van der Waals surface area (Å²) in [5.74, 6) is -13.5. The van der Waals surface area contributed by atoms with Gasteiger partial charge in [-0.15, -0.1) is 0 Å². The third-order valence-electron chi connectivity index (χ3n) is 13.6. The molecule has 0 spiro atoms. The van der Waals surface area contributed by atoms with Crippen LogP contribution in [-0.2, 0) is 36.8 Å². The normalized spacial score (nSPS) is 16.4. The standard InChI is InChI=1S/C53H58F5N7O7/c1-33-25-34(2)65(60-33)41-27-37(26-40(29-41)62-21-23-63(24-22-62)43(66)12-7-13-45(68)72-52-50(57)48(55)47(54)49(56)51(52)58)38(28-46(69)70-3)31-61-20-18-35(30-61)14-16-39-17-15-36-9-8-19-64(53(36)59-39)44(67)32-71-42-10-5-4-6-11-42/h4-6,10-11,15,17,25-27,29,35,38H,7-9,12-14,16,18-24,28,30-32H2,1-3H3/t35-,38-/m1/s1. The minimum absolute atomic E-state index is 0.0656. The fourth-order valence-corrected chi connectivity index (χ4v) is 9.80. The van der Waals surface area contributed by atoms with Crippen molar-refractivity contribution in [2.75, 3.05) is 75.9 Å². The van der Waals surface area contributed by atoms with Gasteiger partial charge in [0.1, 0.15) is 11.6 Å². The summed E-state index contributed by atoms with van der Waals surface area (Å²) in [6.45, 7) is 8.34. The van der Waals surface area contributed by atoms with Crippen molar-refractivity contribution in [3.63, 3.8) is 0 Å². The van der Waals surface area contributed by atoms with Crippen LogP contribution in [-0.4, -0.2) is 114 Å². The SMILES string of the molecule is COC(=O)C[C@H](CN1CC[C@@H](CCc2ccc3c(n2)N(C(=O)COc2ccccc2)CCC3)C1)c1cc(N2CCN(C(=O)CCCC(=O)Oc3c(F)c(F)c(F)c(F)c3F)CC2)cc(-n2nc(C)cc2C)c1. The minimum Gasteiger partial charge on any atom is -0.484 e. The number of methoxy groups -OCH3 is 1. The van der Waals surface area contributed by atoms with Crippen molar-refractivity contribution >= 4 is 35.3 Å². The van der Waals surface area contributed by atoms with Gasteiger partial charge in [0.15, 0.2) is 6.61 Å². The number of fused-ring (bicyclic) bond motifs is 1. The Labute approximate surface area is 414 Å². The number of piperazine rings is 1.